The minimum Gasteiger partial charge on any atom is -0.459 e. The number of benzene rings is 1. The number of aliphatic hydroxyl groups is 1. The van der Waals surface area contributed by atoms with Gasteiger partial charge in [-0.25, -0.2) is 4.79 Å². The second-order valence-electron chi connectivity index (χ2n) is 6.89. The number of aromatic nitrogens is 2. The molecule has 2 aromatic rings. The van der Waals surface area contributed by atoms with Gasteiger partial charge in [-0.2, -0.15) is 0 Å². The van der Waals surface area contributed by atoms with Gasteiger partial charge in [0.25, 0.3) is 5.56 Å². The van der Waals surface area contributed by atoms with E-state index in [0.29, 0.717) is 16.7 Å². The number of nitrogens with one attached hydrogen (secondary N) is 1. The number of esters is 1. The third-order valence-corrected chi connectivity index (χ3v) is 4.86. The molecule has 158 valence electrons. The Labute approximate surface area is 170 Å². The molecule has 1 aliphatic rings. The highest BCUT2D eigenvalue weighted by Crippen LogP contribution is 2.30. The van der Waals surface area contributed by atoms with Gasteiger partial charge in [0, 0.05) is 23.1 Å². The van der Waals surface area contributed by atoms with E-state index in [2.05, 4.69) is 15.0 Å². The van der Waals surface area contributed by atoms with Crippen LogP contribution < -0.4 is 11.2 Å². The molecule has 2 N–H and O–H groups in total. The summed E-state index contributed by atoms with van der Waals surface area (Å²) >= 11 is 0. The molecule has 3 atom stereocenters. The number of hydrogen-bond donors (Lipinski definition) is 2. The van der Waals surface area contributed by atoms with Crippen molar-refractivity contribution in [3.63, 3.8) is 0 Å². The zero-order chi connectivity index (χ0) is 21.7. The van der Waals surface area contributed by atoms with Crippen LogP contribution in [0.4, 0.5) is 0 Å². The van der Waals surface area contributed by atoms with Crippen LogP contribution in [0.5, 0.6) is 0 Å². The molecule has 1 aliphatic heterocycles. The maximum atomic E-state index is 12.5. The normalized spacial score (nSPS) is 20.5. The minimum absolute atomic E-state index is 0.0475. The molecular weight excluding hydrogens is 394 g/mol. The van der Waals surface area contributed by atoms with Crippen molar-refractivity contribution in [3.8, 4) is 0 Å². The molecule has 1 aromatic heterocycles. The molecule has 2 heterocycles. The van der Waals surface area contributed by atoms with Gasteiger partial charge in [-0.05, 0) is 23.6 Å². The Hall–Kier alpha value is -3.40. The standard InChI is InChI=1S/C19H21N5O6/c1-11-9-24(19(28)22-18(11)27)16-7-14(15(10-25)29-16)30-17(26)6-12-4-2-3-5-13(12)8-21-23-20/h2-5,9,14-16,25H,6-8,10H2,1H3,(H,22,27,28)/t14?,15-,16-/m1/s1. The van der Waals surface area contributed by atoms with E-state index in [1.54, 1.807) is 31.2 Å². The summed E-state index contributed by atoms with van der Waals surface area (Å²) in [6.07, 6.45) is -0.902. The van der Waals surface area contributed by atoms with Crippen LogP contribution in [0.2, 0.25) is 0 Å². The number of hydrogen-bond acceptors (Lipinski definition) is 7. The van der Waals surface area contributed by atoms with Crippen molar-refractivity contribution >= 4 is 5.97 Å². The molecule has 30 heavy (non-hydrogen) atoms. The summed E-state index contributed by atoms with van der Waals surface area (Å²) in [7, 11) is 0. The fourth-order valence-corrected chi connectivity index (χ4v) is 3.32. The van der Waals surface area contributed by atoms with Crippen molar-refractivity contribution in [1.29, 1.82) is 0 Å². The molecule has 3 rings (SSSR count). The van der Waals surface area contributed by atoms with Crippen LogP contribution in [0.25, 0.3) is 10.4 Å². The number of azide groups is 1. The van der Waals surface area contributed by atoms with Crippen molar-refractivity contribution in [2.24, 2.45) is 5.11 Å². The van der Waals surface area contributed by atoms with Crippen molar-refractivity contribution in [1.82, 2.24) is 9.55 Å². The summed E-state index contributed by atoms with van der Waals surface area (Å²) in [5.74, 6) is -0.541. The van der Waals surface area contributed by atoms with Crippen LogP contribution in [0, 0.1) is 6.92 Å². The van der Waals surface area contributed by atoms with Crippen molar-refractivity contribution in [2.45, 2.75) is 44.7 Å². The first-order valence-corrected chi connectivity index (χ1v) is 9.28. The third kappa shape index (κ3) is 4.77. The van der Waals surface area contributed by atoms with E-state index in [1.165, 1.54) is 10.8 Å². The number of carbonyl (C=O) groups excluding carboxylic acids is 1. The highest BCUT2D eigenvalue weighted by atomic mass is 16.6. The molecule has 0 amide bonds. The molecule has 0 saturated carbocycles. The average Bonchev–Trinajstić information content (AvgIpc) is 3.12. The maximum absolute atomic E-state index is 12.5. The molecule has 1 saturated heterocycles. The number of ether oxygens (including phenoxy) is 2. The molecule has 1 aromatic carbocycles. The summed E-state index contributed by atoms with van der Waals surface area (Å²) in [5.41, 5.74) is 9.07. The Bertz CT molecular complexity index is 1090. The number of carbonyl (C=O) groups is 1. The topological polar surface area (TPSA) is 159 Å². The summed E-state index contributed by atoms with van der Waals surface area (Å²) in [4.78, 5) is 41.1. The first-order valence-electron chi connectivity index (χ1n) is 9.28. The average molecular weight is 415 g/mol. The Morgan fingerprint density at radius 2 is 2.13 bits per heavy atom. The summed E-state index contributed by atoms with van der Waals surface area (Å²) in [6, 6.07) is 7.04. The first-order chi connectivity index (χ1) is 14.4. The Morgan fingerprint density at radius 1 is 1.40 bits per heavy atom. The second-order valence-corrected chi connectivity index (χ2v) is 6.89. The van der Waals surface area contributed by atoms with Crippen molar-refractivity contribution in [3.05, 3.63) is 78.4 Å². The lowest BCUT2D eigenvalue weighted by Gasteiger charge is -2.17. The van der Waals surface area contributed by atoms with Gasteiger partial charge in [-0.15, -0.1) is 0 Å². The monoisotopic (exact) mass is 415 g/mol. The molecule has 0 spiro atoms. The quantitative estimate of drug-likeness (QED) is 0.298. The predicted molar refractivity (Wildman–Crippen MR) is 105 cm³/mol. The fourth-order valence-electron chi connectivity index (χ4n) is 3.32. The molecule has 0 radical (unpaired) electrons. The van der Waals surface area contributed by atoms with Crippen molar-refractivity contribution < 1.29 is 19.4 Å². The highest BCUT2D eigenvalue weighted by molar-refractivity contribution is 5.73. The van der Waals surface area contributed by atoms with Crippen LogP contribution in [-0.4, -0.2) is 39.4 Å². The van der Waals surface area contributed by atoms with E-state index >= 15 is 0 Å². The number of aliphatic hydroxyl groups excluding tert-OH is 1. The zero-order valence-electron chi connectivity index (χ0n) is 16.2. The van der Waals surface area contributed by atoms with Gasteiger partial charge in [-0.3, -0.25) is 19.1 Å². The number of H-pyrrole nitrogens is 1. The number of aromatic amines is 1. The lowest BCUT2D eigenvalue weighted by molar-refractivity contribution is -0.152. The molecule has 1 fully saturated rings. The number of nitrogens with zero attached hydrogens (tertiary/aromatic N) is 4. The lowest BCUT2D eigenvalue weighted by Crippen LogP contribution is -2.33. The van der Waals surface area contributed by atoms with Gasteiger partial charge in [0.1, 0.15) is 18.4 Å². The molecule has 11 nitrogen and oxygen atoms in total. The van der Waals surface area contributed by atoms with Gasteiger partial charge < -0.3 is 14.6 Å². The van der Waals surface area contributed by atoms with Gasteiger partial charge in [0.05, 0.1) is 19.6 Å². The minimum atomic E-state index is -0.809. The number of aryl methyl sites for hydroxylation is 1. The molecular formula is C19H21N5O6. The number of rotatable bonds is 7. The molecule has 11 heteroatoms. The first kappa shape index (κ1) is 21.3. The van der Waals surface area contributed by atoms with Crippen LogP contribution >= 0.6 is 0 Å². The van der Waals surface area contributed by atoms with E-state index in [0.717, 1.165) is 0 Å². The van der Waals surface area contributed by atoms with Crippen molar-refractivity contribution in [2.75, 3.05) is 6.61 Å². The van der Waals surface area contributed by atoms with Crippen LogP contribution in [0.1, 0.15) is 29.3 Å². The summed E-state index contributed by atoms with van der Waals surface area (Å²) in [5, 5.41) is 13.1. The second kappa shape index (κ2) is 9.40. The van der Waals surface area contributed by atoms with Gasteiger partial charge in [0.2, 0.25) is 0 Å². The van der Waals surface area contributed by atoms with E-state index in [4.69, 9.17) is 15.0 Å². The fraction of sp³-hybridized carbons (Fsp3) is 0.421. The maximum Gasteiger partial charge on any atom is 0.330 e. The molecule has 0 bridgehead atoms. The molecule has 1 unspecified atom stereocenters. The lowest BCUT2D eigenvalue weighted by atomic mass is 10.0. The van der Waals surface area contributed by atoms with E-state index < -0.39 is 42.3 Å². The van der Waals surface area contributed by atoms with Crippen LogP contribution in [0.3, 0.4) is 0 Å². The largest absolute Gasteiger partial charge is 0.459 e. The Morgan fingerprint density at radius 3 is 2.83 bits per heavy atom. The van der Waals surface area contributed by atoms with Gasteiger partial charge in [-0.1, -0.05) is 29.4 Å². The summed E-state index contributed by atoms with van der Waals surface area (Å²) in [6.45, 7) is 1.26. The van der Waals surface area contributed by atoms with E-state index in [9.17, 15) is 19.5 Å². The van der Waals surface area contributed by atoms with Crippen LogP contribution in [-0.2, 0) is 27.2 Å². The van der Waals surface area contributed by atoms with E-state index in [1.807, 2.05) is 0 Å². The summed E-state index contributed by atoms with van der Waals surface area (Å²) < 4.78 is 12.4. The van der Waals surface area contributed by atoms with Gasteiger partial charge in [0.15, 0.2) is 0 Å². The highest BCUT2D eigenvalue weighted by Gasteiger charge is 2.39. The Kier molecular flexibility index (Phi) is 6.68. The molecule has 0 aliphatic carbocycles. The predicted octanol–water partition coefficient (Wildman–Crippen LogP) is 1.09. The van der Waals surface area contributed by atoms with E-state index in [-0.39, 0.29) is 19.4 Å². The Balaban J connectivity index is 1.71. The smallest absolute Gasteiger partial charge is 0.330 e. The van der Waals surface area contributed by atoms with Crippen LogP contribution in [0.15, 0.2) is 45.2 Å². The zero-order valence-corrected chi connectivity index (χ0v) is 16.2. The SMILES string of the molecule is Cc1cn([C@H]2CC(OC(=O)Cc3ccccc3CN=[N+]=[N-])[C@@H](CO)O2)c(=O)[nH]c1=O. The van der Waals surface area contributed by atoms with Gasteiger partial charge >= 0.3 is 11.7 Å². The third-order valence-electron chi connectivity index (χ3n) is 4.86.